The van der Waals surface area contributed by atoms with Crippen LogP contribution in [-0.2, 0) is 4.79 Å². The highest BCUT2D eigenvalue weighted by atomic mass is 16.2. The van der Waals surface area contributed by atoms with Crippen LogP contribution in [0.25, 0.3) is 0 Å². The van der Waals surface area contributed by atoms with E-state index in [-0.39, 0.29) is 16.9 Å². The molecule has 1 rings (SSSR count). The summed E-state index contributed by atoms with van der Waals surface area (Å²) in [7, 11) is 0. The third-order valence-electron chi connectivity index (χ3n) is 2.36. The molecule has 6 nitrogen and oxygen atoms in total. The van der Waals surface area contributed by atoms with Crippen LogP contribution in [-0.4, -0.2) is 29.4 Å². The minimum absolute atomic E-state index is 0.00681. The van der Waals surface area contributed by atoms with Gasteiger partial charge in [0.15, 0.2) is 5.43 Å². The number of rotatable bonds is 5. The van der Waals surface area contributed by atoms with E-state index in [0.29, 0.717) is 6.54 Å². The Morgan fingerprint density at radius 1 is 1.44 bits per heavy atom. The molecule has 2 amide bonds. The molecular formula is C12H17N3O3. The van der Waals surface area contributed by atoms with Gasteiger partial charge in [-0.1, -0.05) is 6.92 Å². The number of aromatic nitrogens is 1. The summed E-state index contributed by atoms with van der Waals surface area (Å²) in [4.78, 5) is 37.3. The molecule has 1 unspecified atom stereocenters. The highest BCUT2D eigenvalue weighted by Crippen LogP contribution is 1.91. The van der Waals surface area contributed by atoms with Gasteiger partial charge in [0.2, 0.25) is 5.91 Å². The lowest BCUT2D eigenvalue weighted by Gasteiger charge is -2.13. The maximum atomic E-state index is 11.7. The molecule has 0 aliphatic rings. The van der Waals surface area contributed by atoms with Crippen molar-refractivity contribution in [3.05, 3.63) is 34.2 Å². The van der Waals surface area contributed by atoms with E-state index in [4.69, 9.17) is 0 Å². The first-order valence-electron chi connectivity index (χ1n) is 5.82. The normalized spacial score (nSPS) is 11.7. The van der Waals surface area contributed by atoms with Crippen molar-refractivity contribution < 1.29 is 9.59 Å². The van der Waals surface area contributed by atoms with Gasteiger partial charge in [-0.05, 0) is 13.3 Å². The zero-order valence-electron chi connectivity index (χ0n) is 10.4. The largest absolute Gasteiger partial charge is 0.367 e. The van der Waals surface area contributed by atoms with Gasteiger partial charge >= 0.3 is 0 Å². The third kappa shape index (κ3) is 3.73. The van der Waals surface area contributed by atoms with Gasteiger partial charge in [-0.25, -0.2) is 0 Å². The predicted molar refractivity (Wildman–Crippen MR) is 67.3 cm³/mol. The maximum absolute atomic E-state index is 11.7. The highest BCUT2D eigenvalue weighted by molar-refractivity contribution is 5.97. The Balaban J connectivity index is 2.63. The van der Waals surface area contributed by atoms with Gasteiger partial charge in [0, 0.05) is 25.0 Å². The fourth-order valence-electron chi connectivity index (χ4n) is 1.33. The fourth-order valence-corrected chi connectivity index (χ4v) is 1.33. The van der Waals surface area contributed by atoms with Crippen molar-refractivity contribution in [1.82, 2.24) is 15.6 Å². The second-order valence-electron chi connectivity index (χ2n) is 3.91. The molecule has 0 radical (unpaired) electrons. The van der Waals surface area contributed by atoms with E-state index < -0.39 is 11.9 Å². The number of carbonyl (C=O) groups excluding carboxylic acids is 2. The first-order valence-corrected chi connectivity index (χ1v) is 5.82. The molecule has 0 saturated carbocycles. The van der Waals surface area contributed by atoms with E-state index in [9.17, 15) is 14.4 Å². The van der Waals surface area contributed by atoms with Crippen LogP contribution in [0.2, 0.25) is 0 Å². The Bertz CT molecular complexity index is 481. The molecule has 0 fully saturated rings. The van der Waals surface area contributed by atoms with Gasteiger partial charge in [-0.2, -0.15) is 0 Å². The van der Waals surface area contributed by atoms with Crippen molar-refractivity contribution in [2.75, 3.05) is 6.54 Å². The molecular weight excluding hydrogens is 234 g/mol. The number of aromatic amines is 1. The van der Waals surface area contributed by atoms with E-state index in [2.05, 4.69) is 15.6 Å². The van der Waals surface area contributed by atoms with Crippen LogP contribution in [0.5, 0.6) is 0 Å². The van der Waals surface area contributed by atoms with E-state index in [1.807, 2.05) is 6.92 Å². The van der Waals surface area contributed by atoms with Crippen LogP contribution in [0.4, 0.5) is 0 Å². The predicted octanol–water partition coefficient (Wildman–Crippen LogP) is 0.0194. The molecule has 1 heterocycles. The topological polar surface area (TPSA) is 91.1 Å². The molecule has 98 valence electrons. The standard InChI is InChI=1S/C12H17N3O3/c1-3-5-14-11(17)8(2)15-12(18)9-7-13-6-4-10(9)16/h4,6-8H,3,5H2,1-2H3,(H,13,16)(H,14,17)(H,15,18). The Labute approximate surface area is 105 Å². The zero-order chi connectivity index (χ0) is 13.5. The Morgan fingerprint density at radius 2 is 2.17 bits per heavy atom. The van der Waals surface area contributed by atoms with Gasteiger partial charge in [0.25, 0.3) is 5.91 Å². The summed E-state index contributed by atoms with van der Waals surface area (Å²) in [6.07, 6.45) is 3.58. The average molecular weight is 251 g/mol. The second-order valence-corrected chi connectivity index (χ2v) is 3.91. The lowest BCUT2D eigenvalue weighted by Crippen LogP contribution is -2.45. The zero-order valence-corrected chi connectivity index (χ0v) is 10.4. The molecule has 1 aromatic heterocycles. The van der Waals surface area contributed by atoms with Gasteiger partial charge in [0.05, 0.1) is 0 Å². The van der Waals surface area contributed by atoms with Crippen LogP contribution in [0, 0.1) is 0 Å². The number of hydrogen-bond acceptors (Lipinski definition) is 3. The average Bonchev–Trinajstić information content (AvgIpc) is 2.36. The van der Waals surface area contributed by atoms with Crippen molar-refractivity contribution in [2.24, 2.45) is 0 Å². The quantitative estimate of drug-likeness (QED) is 0.689. The Kier molecular flexibility index (Phi) is 5.10. The van der Waals surface area contributed by atoms with Crippen LogP contribution >= 0.6 is 0 Å². The van der Waals surface area contributed by atoms with Crippen molar-refractivity contribution >= 4 is 11.8 Å². The third-order valence-corrected chi connectivity index (χ3v) is 2.36. The maximum Gasteiger partial charge on any atom is 0.257 e. The molecule has 0 bridgehead atoms. The van der Waals surface area contributed by atoms with Crippen molar-refractivity contribution in [1.29, 1.82) is 0 Å². The molecule has 1 atom stereocenters. The molecule has 3 N–H and O–H groups in total. The van der Waals surface area contributed by atoms with E-state index >= 15 is 0 Å². The number of carbonyl (C=O) groups is 2. The molecule has 1 aromatic rings. The summed E-state index contributed by atoms with van der Waals surface area (Å²) in [5, 5.41) is 5.14. The first kappa shape index (κ1) is 14.0. The Morgan fingerprint density at radius 3 is 2.78 bits per heavy atom. The summed E-state index contributed by atoms with van der Waals surface area (Å²) >= 11 is 0. The van der Waals surface area contributed by atoms with Gasteiger partial charge in [0.1, 0.15) is 11.6 Å². The molecule has 0 saturated heterocycles. The van der Waals surface area contributed by atoms with Crippen LogP contribution in [0.3, 0.4) is 0 Å². The van der Waals surface area contributed by atoms with Crippen molar-refractivity contribution in [3.8, 4) is 0 Å². The van der Waals surface area contributed by atoms with Gasteiger partial charge in [-0.3, -0.25) is 14.4 Å². The summed E-state index contributed by atoms with van der Waals surface area (Å²) in [6, 6.07) is 0.583. The first-order chi connectivity index (χ1) is 8.56. The highest BCUT2D eigenvalue weighted by Gasteiger charge is 2.17. The van der Waals surface area contributed by atoms with E-state index in [1.165, 1.54) is 18.5 Å². The molecule has 0 spiro atoms. The van der Waals surface area contributed by atoms with Crippen LogP contribution in [0.1, 0.15) is 30.6 Å². The number of hydrogen-bond donors (Lipinski definition) is 3. The van der Waals surface area contributed by atoms with Gasteiger partial charge in [-0.15, -0.1) is 0 Å². The molecule has 18 heavy (non-hydrogen) atoms. The van der Waals surface area contributed by atoms with Crippen molar-refractivity contribution in [3.63, 3.8) is 0 Å². The summed E-state index contributed by atoms with van der Waals surface area (Å²) in [6.45, 7) is 4.07. The molecule has 0 aliphatic heterocycles. The van der Waals surface area contributed by atoms with Crippen LogP contribution < -0.4 is 16.1 Å². The molecule has 0 aromatic carbocycles. The molecule has 6 heteroatoms. The molecule has 0 aliphatic carbocycles. The van der Waals surface area contributed by atoms with Crippen LogP contribution in [0.15, 0.2) is 23.3 Å². The van der Waals surface area contributed by atoms with Gasteiger partial charge < -0.3 is 15.6 Å². The summed E-state index contributed by atoms with van der Waals surface area (Å²) in [5.74, 6) is -0.825. The number of H-pyrrole nitrogens is 1. The summed E-state index contributed by atoms with van der Waals surface area (Å²) in [5.41, 5.74) is -0.389. The number of pyridine rings is 1. The minimum atomic E-state index is -0.677. The Hall–Kier alpha value is -2.11. The van der Waals surface area contributed by atoms with E-state index in [0.717, 1.165) is 6.42 Å². The smallest absolute Gasteiger partial charge is 0.257 e. The second kappa shape index (κ2) is 6.58. The monoisotopic (exact) mass is 251 g/mol. The van der Waals surface area contributed by atoms with E-state index in [1.54, 1.807) is 6.92 Å². The number of nitrogens with one attached hydrogen (secondary N) is 3. The SMILES string of the molecule is CCCNC(=O)C(C)NC(=O)c1c[nH]ccc1=O. The summed E-state index contributed by atoms with van der Waals surface area (Å²) < 4.78 is 0. The van der Waals surface area contributed by atoms with Crippen molar-refractivity contribution in [2.45, 2.75) is 26.3 Å². The minimum Gasteiger partial charge on any atom is -0.367 e. The lowest BCUT2D eigenvalue weighted by atomic mass is 10.2. The lowest BCUT2D eigenvalue weighted by molar-refractivity contribution is -0.122. The fraction of sp³-hybridized carbons (Fsp3) is 0.417. The number of amides is 2.